The molecule has 1 atom stereocenters. The highest BCUT2D eigenvalue weighted by molar-refractivity contribution is 5.45. The number of hydrogen-bond acceptors (Lipinski definition) is 6. The van der Waals surface area contributed by atoms with E-state index < -0.39 is 12.0 Å². The number of nitrogens with zero attached hydrogens (tertiary/aromatic N) is 5. The molecule has 0 amide bonds. The van der Waals surface area contributed by atoms with Crippen LogP contribution in [0, 0.1) is 6.92 Å². The first-order valence-electron chi connectivity index (χ1n) is 7.18. The van der Waals surface area contributed by atoms with Gasteiger partial charge in [0.15, 0.2) is 0 Å². The summed E-state index contributed by atoms with van der Waals surface area (Å²) in [5.41, 5.74) is 0.558. The van der Waals surface area contributed by atoms with Crippen molar-refractivity contribution in [2.75, 3.05) is 38.6 Å². The second-order valence-corrected chi connectivity index (χ2v) is 5.56. The van der Waals surface area contributed by atoms with Gasteiger partial charge in [-0.05, 0) is 14.0 Å². The van der Waals surface area contributed by atoms with Crippen molar-refractivity contribution in [3.8, 4) is 0 Å². The molecule has 3 heterocycles. The molecule has 0 spiro atoms. The first kappa shape index (κ1) is 15.9. The van der Waals surface area contributed by atoms with Crippen LogP contribution in [0.3, 0.4) is 0 Å². The van der Waals surface area contributed by atoms with Crippen LogP contribution in [-0.4, -0.2) is 63.9 Å². The van der Waals surface area contributed by atoms with Crippen molar-refractivity contribution in [2.45, 2.75) is 19.2 Å². The summed E-state index contributed by atoms with van der Waals surface area (Å²) in [6.45, 7) is 4.41. The number of rotatable bonds is 3. The standard InChI is InChI=1S/C13H17F3N6O/c1-8-5-10(17-6-9-7-21(2)3-4-23-9)22-12(18-8)19-11(20-22)13(14,15)16/h5,9,17H,3-4,6-7H2,1-2H3. The molecule has 1 fully saturated rings. The molecule has 0 bridgehead atoms. The topological polar surface area (TPSA) is 67.6 Å². The number of alkyl halides is 3. The summed E-state index contributed by atoms with van der Waals surface area (Å²) in [5, 5.41) is 6.59. The van der Waals surface area contributed by atoms with E-state index in [1.807, 2.05) is 7.05 Å². The molecule has 2 aromatic heterocycles. The summed E-state index contributed by atoms with van der Waals surface area (Å²) in [6.07, 6.45) is -4.64. The normalized spacial score (nSPS) is 20.1. The highest BCUT2D eigenvalue weighted by Crippen LogP contribution is 2.27. The lowest BCUT2D eigenvalue weighted by atomic mass is 10.3. The van der Waals surface area contributed by atoms with E-state index in [9.17, 15) is 13.2 Å². The Morgan fingerprint density at radius 2 is 2.17 bits per heavy atom. The summed E-state index contributed by atoms with van der Waals surface area (Å²) in [4.78, 5) is 9.58. The van der Waals surface area contributed by atoms with Crippen molar-refractivity contribution in [3.05, 3.63) is 17.6 Å². The molecule has 10 heteroatoms. The van der Waals surface area contributed by atoms with Gasteiger partial charge in [-0.2, -0.15) is 22.7 Å². The minimum absolute atomic E-state index is 0.0390. The Labute approximate surface area is 130 Å². The second kappa shape index (κ2) is 5.93. The number of nitrogens with one attached hydrogen (secondary N) is 1. The van der Waals surface area contributed by atoms with Gasteiger partial charge in [-0.15, -0.1) is 5.10 Å². The molecule has 1 unspecified atom stereocenters. The molecule has 1 aliphatic heterocycles. The van der Waals surface area contributed by atoms with Gasteiger partial charge in [-0.3, -0.25) is 0 Å². The maximum atomic E-state index is 12.8. The molecule has 2 aromatic rings. The summed E-state index contributed by atoms with van der Waals surface area (Å²) < 4.78 is 45.0. The zero-order chi connectivity index (χ0) is 16.6. The Balaban J connectivity index is 1.83. The molecule has 0 radical (unpaired) electrons. The fraction of sp³-hybridized carbons (Fsp3) is 0.615. The Kier molecular flexibility index (Phi) is 4.11. The van der Waals surface area contributed by atoms with Gasteiger partial charge >= 0.3 is 6.18 Å². The van der Waals surface area contributed by atoms with E-state index in [1.54, 1.807) is 13.0 Å². The van der Waals surface area contributed by atoms with Crippen LogP contribution in [0.4, 0.5) is 19.0 Å². The Morgan fingerprint density at radius 1 is 1.39 bits per heavy atom. The predicted molar refractivity (Wildman–Crippen MR) is 76.2 cm³/mol. The lowest BCUT2D eigenvalue weighted by Gasteiger charge is -2.30. The Bertz CT molecular complexity index is 701. The number of fused-ring (bicyclic) bond motifs is 1. The third-order valence-electron chi connectivity index (χ3n) is 3.55. The molecule has 0 aliphatic carbocycles. The number of halogens is 3. The molecule has 1 aliphatic rings. The lowest BCUT2D eigenvalue weighted by Crippen LogP contribution is -2.43. The van der Waals surface area contributed by atoms with Crippen LogP contribution in [0.1, 0.15) is 11.5 Å². The summed E-state index contributed by atoms with van der Waals surface area (Å²) in [5.74, 6) is -0.874. The van der Waals surface area contributed by atoms with Crippen molar-refractivity contribution < 1.29 is 17.9 Å². The quantitative estimate of drug-likeness (QED) is 0.912. The molecular formula is C13H17F3N6O. The van der Waals surface area contributed by atoms with Gasteiger partial charge < -0.3 is 15.0 Å². The molecular weight excluding hydrogens is 313 g/mol. The van der Waals surface area contributed by atoms with Gasteiger partial charge in [0.1, 0.15) is 5.82 Å². The molecule has 126 valence electrons. The van der Waals surface area contributed by atoms with Gasteiger partial charge in [0, 0.05) is 31.4 Å². The zero-order valence-electron chi connectivity index (χ0n) is 12.8. The van der Waals surface area contributed by atoms with E-state index in [2.05, 4.69) is 25.3 Å². The minimum Gasteiger partial charge on any atom is -0.374 e. The second-order valence-electron chi connectivity index (χ2n) is 5.56. The molecule has 1 N–H and O–H groups in total. The van der Waals surface area contributed by atoms with Crippen molar-refractivity contribution in [3.63, 3.8) is 0 Å². The molecule has 0 aromatic carbocycles. The zero-order valence-corrected chi connectivity index (χ0v) is 12.8. The van der Waals surface area contributed by atoms with Crippen LogP contribution >= 0.6 is 0 Å². The third kappa shape index (κ3) is 3.53. The fourth-order valence-electron chi connectivity index (χ4n) is 2.44. The van der Waals surface area contributed by atoms with E-state index in [1.165, 1.54) is 0 Å². The number of aryl methyl sites for hydroxylation is 1. The average Bonchev–Trinajstić information content (AvgIpc) is 2.88. The van der Waals surface area contributed by atoms with Crippen LogP contribution in [0.25, 0.3) is 5.78 Å². The average molecular weight is 330 g/mol. The van der Waals surface area contributed by atoms with E-state index >= 15 is 0 Å². The van der Waals surface area contributed by atoms with Crippen LogP contribution in [-0.2, 0) is 10.9 Å². The van der Waals surface area contributed by atoms with Crippen LogP contribution in [0.2, 0.25) is 0 Å². The van der Waals surface area contributed by atoms with Crippen molar-refractivity contribution >= 4 is 11.6 Å². The number of ether oxygens (including phenoxy) is 1. The van der Waals surface area contributed by atoms with Crippen LogP contribution in [0.15, 0.2) is 6.07 Å². The lowest BCUT2D eigenvalue weighted by molar-refractivity contribution is -0.144. The minimum atomic E-state index is -4.60. The van der Waals surface area contributed by atoms with Gasteiger partial charge in [-0.1, -0.05) is 0 Å². The predicted octanol–water partition coefficient (Wildman–Crippen LogP) is 1.19. The largest absolute Gasteiger partial charge is 0.453 e. The summed E-state index contributed by atoms with van der Waals surface area (Å²) >= 11 is 0. The molecule has 1 saturated heterocycles. The number of hydrogen-bond donors (Lipinski definition) is 1. The van der Waals surface area contributed by atoms with E-state index in [-0.39, 0.29) is 11.9 Å². The first-order chi connectivity index (χ1) is 10.8. The highest BCUT2D eigenvalue weighted by atomic mass is 19.4. The number of likely N-dealkylation sites (N-methyl/N-ethyl adjacent to an activating group) is 1. The Morgan fingerprint density at radius 3 is 2.87 bits per heavy atom. The number of anilines is 1. The Hall–Kier alpha value is -1.94. The van der Waals surface area contributed by atoms with E-state index in [0.29, 0.717) is 24.7 Å². The number of aromatic nitrogens is 4. The SMILES string of the molecule is Cc1cc(NCC2CN(C)CCO2)n2nc(C(F)(F)F)nc2n1. The first-order valence-corrected chi connectivity index (χ1v) is 7.18. The summed E-state index contributed by atoms with van der Waals surface area (Å²) in [7, 11) is 2.00. The highest BCUT2D eigenvalue weighted by Gasteiger charge is 2.36. The molecule has 7 nitrogen and oxygen atoms in total. The van der Waals surface area contributed by atoms with Gasteiger partial charge in [-0.25, -0.2) is 4.98 Å². The van der Waals surface area contributed by atoms with Gasteiger partial charge in [0.05, 0.1) is 12.7 Å². The van der Waals surface area contributed by atoms with E-state index in [4.69, 9.17) is 4.74 Å². The maximum absolute atomic E-state index is 12.8. The van der Waals surface area contributed by atoms with Crippen molar-refractivity contribution in [1.29, 1.82) is 0 Å². The number of morpholine rings is 1. The maximum Gasteiger partial charge on any atom is 0.453 e. The molecule has 3 rings (SSSR count). The monoisotopic (exact) mass is 330 g/mol. The fourth-order valence-corrected chi connectivity index (χ4v) is 2.44. The smallest absolute Gasteiger partial charge is 0.374 e. The van der Waals surface area contributed by atoms with Crippen LogP contribution < -0.4 is 5.32 Å². The van der Waals surface area contributed by atoms with Crippen LogP contribution in [0.5, 0.6) is 0 Å². The molecule has 0 saturated carbocycles. The summed E-state index contributed by atoms with van der Waals surface area (Å²) in [6, 6.07) is 1.63. The molecule has 23 heavy (non-hydrogen) atoms. The van der Waals surface area contributed by atoms with E-state index in [0.717, 1.165) is 17.6 Å². The van der Waals surface area contributed by atoms with Crippen molar-refractivity contribution in [2.24, 2.45) is 0 Å². The van der Waals surface area contributed by atoms with Gasteiger partial charge in [0.25, 0.3) is 11.6 Å². The van der Waals surface area contributed by atoms with Crippen molar-refractivity contribution in [1.82, 2.24) is 24.5 Å². The van der Waals surface area contributed by atoms with Gasteiger partial charge in [0.2, 0.25) is 0 Å². The third-order valence-corrected chi connectivity index (χ3v) is 3.55.